The van der Waals surface area contributed by atoms with Crippen molar-refractivity contribution >= 4 is 21.8 Å². The number of hydrogen-bond acceptors (Lipinski definition) is 4. The lowest BCUT2D eigenvalue weighted by Gasteiger charge is -2.16. The SMILES string of the molecule is O=C1C2CCCN2S(=O)(=O)N1c1cccnc1. The number of carbonyl (C=O) groups excluding carboxylic acids is 1. The minimum atomic E-state index is -3.69. The maximum Gasteiger partial charge on any atom is 0.311 e. The summed E-state index contributed by atoms with van der Waals surface area (Å²) in [5, 5.41) is 0. The Morgan fingerprint density at radius 3 is 2.88 bits per heavy atom. The van der Waals surface area contributed by atoms with E-state index in [9.17, 15) is 13.2 Å². The molecular weight excluding hydrogens is 242 g/mol. The van der Waals surface area contributed by atoms with Crippen LogP contribution in [0, 0.1) is 0 Å². The van der Waals surface area contributed by atoms with Crippen LogP contribution in [0.5, 0.6) is 0 Å². The molecule has 0 saturated carbocycles. The standard InChI is InChI=1S/C10H11N3O3S/c14-10-9-4-2-6-12(9)17(15,16)13(10)8-3-1-5-11-7-8/h1,3,5,7,9H,2,4,6H2. The predicted molar refractivity (Wildman–Crippen MR) is 60.4 cm³/mol. The summed E-state index contributed by atoms with van der Waals surface area (Å²) in [5.41, 5.74) is 0.312. The zero-order valence-electron chi connectivity index (χ0n) is 8.98. The monoisotopic (exact) mass is 253 g/mol. The van der Waals surface area contributed by atoms with Crippen LogP contribution in [0.1, 0.15) is 12.8 Å². The van der Waals surface area contributed by atoms with Crippen LogP contribution >= 0.6 is 0 Å². The lowest BCUT2D eigenvalue weighted by atomic mass is 10.2. The van der Waals surface area contributed by atoms with Crippen molar-refractivity contribution in [2.45, 2.75) is 18.9 Å². The predicted octanol–water partition coefficient (Wildman–Crippen LogP) is 0.137. The first-order chi connectivity index (χ1) is 8.12. The lowest BCUT2D eigenvalue weighted by Crippen LogP contribution is -2.34. The van der Waals surface area contributed by atoms with Gasteiger partial charge in [0.2, 0.25) is 0 Å². The van der Waals surface area contributed by atoms with Gasteiger partial charge in [-0.2, -0.15) is 17.0 Å². The highest BCUT2D eigenvalue weighted by Crippen LogP contribution is 2.34. The lowest BCUT2D eigenvalue weighted by molar-refractivity contribution is -0.119. The molecule has 0 N–H and O–H groups in total. The molecule has 7 heteroatoms. The molecule has 0 radical (unpaired) electrons. The molecule has 3 heterocycles. The summed E-state index contributed by atoms with van der Waals surface area (Å²) < 4.78 is 26.5. The van der Waals surface area contributed by atoms with Crippen molar-refractivity contribution in [2.75, 3.05) is 10.8 Å². The van der Waals surface area contributed by atoms with Crippen molar-refractivity contribution in [1.29, 1.82) is 0 Å². The molecule has 1 unspecified atom stereocenters. The molecule has 3 rings (SSSR count). The van der Waals surface area contributed by atoms with Crippen LogP contribution in [0.15, 0.2) is 24.5 Å². The summed E-state index contributed by atoms with van der Waals surface area (Å²) in [5.74, 6) is -0.365. The van der Waals surface area contributed by atoms with E-state index in [1.54, 1.807) is 12.1 Å². The average Bonchev–Trinajstić information content (AvgIpc) is 2.85. The van der Waals surface area contributed by atoms with Crippen molar-refractivity contribution in [3.05, 3.63) is 24.5 Å². The minimum Gasteiger partial charge on any atom is -0.271 e. The number of hydrogen-bond donors (Lipinski definition) is 0. The summed E-state index contributed by atoms with van der Waals surface area (Å²) in [6, 6.07) is 2.67. The van der Waals surface area contributed by atoms with Gasteiger partial charge >= 0.3 is 10.2 Å². The molecule has 0 aromatic carbocycles. The molecule has 17 heavy (non-hydrogen) atoms. The largest absolute Gasteiger partial charge is 0.311 e. The highest BCUT2D eigenvalue weighted by molar-refractivity contribution is 7.91. The van der Waals surface area contributed by atoms with E-state index in [0.717, 1.165) is 10.7 Å². The second-order valence-electron chi connectivity index (χ2n) is 4.09. The number of pyridine rings is 1. The van der Waals surface area contributed by atoms with Crippen molar-refractivity contribution in [3.8, 4) is 0 Å². The molecule has 1 amide bonds. The molecule has 1 atom stereocenters. The van der Waals surface area contributed by atoms with Crippen molar-refractivity contribution in [3.63, 3.8) is 0 Å². The van der Waals surface area contributed by atoms with Gasteiger partial charge in [0.15, 0.2) is 0 Å². The Bertz CT molecular complexity index is 557. The number of rotatable bonds is 1. The van der Waals surface area contributed by atoms with Gasteiger partial charge in [0.05, 0.1) is 11.9 Å². The Hall–Kier alpha value is -1.47. The Kier molecular flexibility index (Phi) is 2.20. The third kappa shape index (κ3) is 1.39. The summed E-state index contributed by atoms with van der Waals surface area (Å²) >= 11 is 0. The van der Waals surface area contributed by atoms with E-state index in [1.165, 1.54) is 16.7 Å². The average molecular weight is 253 g/mol. The van der Waals surface area contributed by atoms with Gasteiger partial charge in [-0.3, -0.25) is 9.78 Å². The fourth-order valence-electron chi connectivity index (χ4n) is 2.35. The molecule has 2 aliphatic heterocycles. The van der Waals surface area contributed by atoms with Crippen LogP contribution in [-0.4, -0.2) is 36.2 Å². The van der Waals surface area contributed by atoms with E-state index in [1.807, 2.05) is 0 Å². The van der Waals surface area contributed by atoms with E-state index >= 15 is 0 Å². The molecule has 6 nitrogen and oxygen atoms in total. The Morgan fingerprint density at radius 2 is 2.24 bits per heavy atom. The first-order valence-corrected chi connectivity index (χ1v) is 6.78. The fraction of sp³-hybridized carbons (Fsp3) is 0.400. The van der Waals surface area contributed by atoms with Crippen LogP contribution in [0.3, 0.4) is 0 Å². The zero-order valence-corrected chi connectivity index (χ0v) is 9.80. The second kappa shape index (κ2) is 3.51. The molecule has 2 fully saturated rings. The van der Waals surface area contributed by atoms with Gasteiger partial charge in [-0.05, 0) is 25.0 Å². The number of carbonyl (C=O) groups is 1. The van der Waals surface area contributed by atoms with E-state index in [4.69, 9.17) is 0 Å². The van der Waals surface area contributed by atoms with E-state index in [2.05, 4.69) is 4.98 Å². The number of amides is 1. The van der Waals surface area contributed by atoms with Gasteiger partial charge < -0.3 is 0 Å². The Morgan fingerprint density at radius 1 is 1.41 bits per heavy atom. The molecule has 0 bridgehead atoms. The van der Waals surface area contributed by atoms with Crippen molar-refractivity contribution in [2.24, 2.45) is 0 Å². The quantitative estimate of drug-likeness (QED) is 0.713. The van der Waals surface area contributed by atoms with Crippen molar-refractivity contribution in [1.82, 2.24) is 9.29 Å². The summed E-state index contributed by atoms with van der Waals surface area (Å²) in [6.45, 7) is 0.426. The fourth-order valence-corrected chi connectivity index (χ4v) is 4.16. The number of nitrogens with zero attached hydrogens (tertiary/aromatic N) is 3. The van der Waals surface area contributed by atoms with Gasteiger partial charge in [-0.25, -0.2) is 0 Å². The third-order valence-corrected chi connectivity index (χ3v) is 4.98. The van der Waals surface area contributed by atoms with Crippen LogP contribution in [-0.2, 0) is 15.0 Å². The normalized spacial score (nSPS) is 27.4. The van der Waals surface area contributed by atoms with Crippen LogP contribution < -0.4 is 4.31 Å². The van der Waals surface area contributed by atoms with Crippen LogP contribution in [0.25, 0.3) is 0 Å². The highest BCUT2D eigenvalue weighted by atomic mass is 32.2. The number of anilines is 1. The second-order valence-corrected chi connectivity index (χ2v) is 5.82. The van der Waals surface area contributed by atoms with Gasteiger partial charge in [-0.15, -0.1) is 0 Å². The Labute approximate surface area is 99.0 Å². The van der Waals surface area contributed by atoms with Gasteiger partial charge in [0, 0.05) is 12.7 Å². The molecule has 2 aliphatic rings. The number of fused-ring (bicyclic) bond motifs is 1. The van der Waals surface area contributed by atoms with Gasteiger partial charge in [-0.1, -0.05) is 0 Å². The molecular formula is C10H11N3O3S. The Balaban J connectivity index is 2.10. The zero-order chi connectivity index (χ0) is 12.0. The molecule has 0 aliphatic carbocycles. The molecule has 1 aromatic rings. The maximum absolute atomic E-state index is 12.2. The first kappa shape index (κ1) is 10.7. The third-order valence-electron chi connectivity index (χ3n) is 3.10. The van der Waals surface area contributed by atoms with Crippen LogP contribution in [0.4, 0.5) is 5.69 Å². The number of aromatic nitrogens is 1. The minimum absolute atomic E-state index is 0.312. The van der Waals surface area contributed by atoms with Gasteiger partial charge in [0.1, 0.15) is 6.04 Å². The topological polar surface area (TPSA) is 70.6 Å². The van der Waals surface area contributed by atoms with Crippen molar-refractivity contribution < 1.29 is 13.2 Å². The van der Waals surface area contributed by atoms with E-state index in [0.29, 0.717) is 18.7 Å². The smallest absolute Gasteiger partial charge is 0.271 e. The summed E-state index contributed by atoms with van der Waals surface area (Å²) in [4.78, 5) is 15.9. The van der Waals surface area contributed by atoms with E-state index in [-0.39, 0.29) is 5.91 Å². The molecule has 90 valence electrons. The molecule has 0 spiro atoms. The maximum atomic E-state index is 12.2. The van der Waals surface area contributed by atoms with Crippen LogP contribution in [0.2, 0.25) is 0 Å². The summed E-state index contributed by atoms with van der Waals surface area (Å²) in [6.07, 6.45) is 4.28. The first-order valence-electron chi connectivity index (χ1n) is 5.38. The van der Waals surface area contributed by atoms with E-state index < -0.39 is 16.3 Å². The highest BCUT2D eigenvalue weighted by Gasteiger charge is 2.53. The molecule has 2 saturated heterocycles. The molecule has 1 aromatic heterocycles. The van der Waals surface area contributed by atoms with Gasteiger partial charge in [0.25, 0.3) is 5.91 Å². The summed E-state index contributed by atoms with van der Waals surface area (Å²) in [7, 11) is -3.69.